The van der Waals surface area contributed by atoms with E-state index in [2.05, 4.69) is 0 Å². The number of phenolic OH excluding ortho intramolecular Hbond substituents is 1. The lowest BCUT2D eigenvalue weighted by Crippen LogP contribution is -2.11. The average molecular weight is 278 g/mol. The second-order valence-electron chi connectivity index (χ2n) is 4.77. The molecule has 0 aromatic heterocycles. The highest BCUT2D eigenvalue weighted by atomic mass is 16.5. The minimum absolute atomic E-state index is 0.00754. The normalized spacial score (nSPS) is 10.5. The van der Waals surface area contributed by atoms with E-state index < -0.39 is 0 Å². The maximum absolute atomic E-state index is 12.0. The monoisotopic (exact) mass is 278 g/mol. The van der Waals surface area contributed by atoms with Crippen LogP contribution < -0.4 is 4.74 Å². The molecule has 0 amide bonds. The molecule has 0 aliphatic heterocycles. The van der Waals surface area contributed by atoms with E-state index in [1.807, 2.05) is 36.4 Å². The van der Waals surface area contributed by atoms with Gasteiger partial charge in [0.15, 0.2) is 12.4 Å². The first-order valence-corrected chi connectivity index (χ1v) is 6.66. The van der Waals surface area contributed by atoms with Crippen molar-refractivity contribution in [3.8, 4) is 11.5 Å². The van der Waals surface area contributed by atoms with Crippen LogP contribution >= 0.6 is 0 Å². The van der Waals surface area contributed by atoms with Crippen LogP contribution in [0.15, 0.2) is 66.7 Å². The summed E-state index contributed by atoms with van der Waals surface area (Å²) >= 11 is 0. The van der Waals surface area contributed by atoms with Gasteiger partial charge in [-0.2, -0.15) is 0 Å². The molecule has 0 fully saturated rings. The van der Waals surface area contributed by atoms with Crippen molar-refractivity contribution in [2.75, 3.05) is 6.61 Å². The summed E-state index contributed by atoms with van der Waals surface area (Å²) in [5.41, 5.74) is 0.642. The highest BCUT2D eigenvalue weighted by Crippen LogP contribution is 2.24. The number of benzene rings is 3. The highest BCUT2D eigenvalue weighted by Gasteiger charge is 2.06. The van der Waals surface area contributed by atoms with Crippen molar-refractivity contribution in [2.45, 2.75) is 0 Å². The number of hydrogen-bond donors (Lipinski definition) is 1. The van der Waals surface area contributed by atoms with Crippen LogP contribution in [-0.2, 0) is 0 Å². The van der Waals surface area contributed by atoms with Gasteiger partial charge in [-0.05, 0) is 35.0 Å². The number of ether oxygens (including phenoxy) is 1. The number of phenols is 1. The van der Waals surface area contributed by atoms with Crippen molar-refractivity contribution in [3.63, 3.8) is 0 Å². The van der Waals surface area contributed by atoms with Crippen molar-refractivity contribution in [3.05, 3.63) is 72.3 Å². The first-order valence-electron chi connectivity index (χ1n) is 6.66. The number of carbonyl (C=O) groups excluding carboxylic acids is 1. The predicted molar refractivity (Wildman–Crippen MR) is 81.9 cm³/mol. The summed E-state index contributed by atoms with van der Waals surface area (Å²) in [5.74, 6) is 0.814. The first-order chi connectivity index (χ1) is 10.2. The standard InChI is InChI=1S/C18H14O3/c19-16-8-6-15-11-17(9-7-14(15)10-16)21-12-18(20)13-4-2-1-3-5-13/h1-11,19H,12H2. The van der Waals surface area contributed by atoms with Gasteiger partial charge >= 0.3 is 0 Å². The van der Waals surface area contributed by atoms with Gasteiger partial charge in [0.05, 0.1) is 0 Å². The minimum Gasteiger partial charge on any atom is -0.508 e. The van der Waals surface area contributed by atoms with E-state index in [4.69, 9.17) is 4.74 Å². The molecule has 0 aliphatic rings. The molecular formula is C18H14O3. The lowest BCUT2D eigenvalue weighted by molar-refractivity contribution is 0.0921. The number of Topliss-reactive ketones (excluding diaryl/α,β-unsaturated/α-hetero) is 1. The molecule has 0 aliphatic carbocycles. The molecule has 3 nitrogen and oxygen atoms in total. The largest absolute Gasteiger partial charge is 0.508 e. The maximum Gasteiger partial charge on any atom is 0.200 e. The highest BCUT2D eigenvalue weighted by molar-refractivity contribution is 5.97. The van der Waals surface area contributed by atoms with Crippen molar-refractivity contribution >= 4 is 16.6 Å². The number of hydrogen-bond acceptors (Lipinski definition) is 3. The molecule has 0 saturated heterocycles. The Labute approximate surface area is 122 Å². The lowest BCUT2D eigenvalue weighted by atomic mass is 10.1. The Hall–Kier alpha value is -2.81. The zero-order valence-electron chi connectivity index (χ0n) is 11.3. The SMILES string of the molecule is O=C(COc1ccc2cc(O)ccc2c1)c1ccccc1. The summed E-state index contributed by atoms with van der Waals surface area (Å²) in [6, 6.07) is 19.7. The average Bonchev–Trinajstić information content (AvgIpc) is 2.53. The second-order valence-corrected chi connectivity index (χ2v) is 4.77. The first kappa shape index (κ1) is 13.2. The molecule has 0 heterocycles. The third kappa shape index (κ3) is 3.03. The fourth-order valence-electron chi connectivity index (χ4n) is 2.16. The molecule has 3 aromatic rings. The Balaban J connectivity index is 1.73. The van der Waals surface area contributed by atoms with Crippen LogP contribution in [-0.4, -0.2) is 17.5 Å². The minimum atomic E-state index is -0.0543. The van der Waals surface area contributed by atoms with Gasteiger partial charge in [0.1, 0.15) is 11.5 Å². The van der Waals surface area contributed by atoms with Gasteiger partial charge in [0.2, 0.25) is 0 Å². The molecule has 0 bridgehead atoms. The molecular weight excluding hydrogens is 264 g/mol. The lowest BCUT2D eigenvalue weighted by Gasteiger charge is -2.07. The smallest absolute Gasteiger partial charge is 0.200 e. The zero-order chi connectivity index (χ0) is 14.7. The maximum atomic E-state index is 12.0. The van der Waals surface area contributed by atoms with Gasteiger partial charge in [-0.25, -0.2) is 0 Å². The number of aromatic hydroxyl groups is 1. The van der Waals surface area contributed by atoms with Crippen LogP contribution in [0.1, 0.15) is 10.4 Å². The summed E-state index contributed by atoms with van der Waals surface area (Å²) in [6.07, 6.45) is 0. The Morgan fingerprint density at radius 2 is 1.62 bits per heavy atom. The van der Waals surface area contributed by atoms with Gasteiger partial charge in [-0.3, -0.25) is 4.79 Å². The molecule has 0 saturated carbocycles. The molecule has 3 heteroatoms. The fraction of sp³-hybridized carbons (Fsp3) is 0.0556. The van der Waals surface area contributed by atoms with Gasteiger partial charge in [-0.15, -0.1) is 0 Å². The van der Waals surface area contributed by atoms with Crippen LogP contribution in [0.4, 0.5) is 0 Å². The Bertz CT molecular complexity index is 779. The summed E-state index contributed by atoms with van der Waals surface area (Å²) in [5, 5.41) is 11.3. The van der Waals surface area contributed by atoms with Crippen LogP contribution in [0.2, 0.25) is 0 Å². The third-order valence-electron chi connectivity index (χ3n) is 3.26. The molecule has 1 N–H and O–H groups in total. The molecule has 0 radical (unpaired) electrons. The van der Waals surface area contributed by atoms with Crippen LogP contribution in [0.3, 0.4) is 0 Å². The number of carbonyl (C=O) groups is 1. The van der Waals surface area contributed by atoms with Crippen molar-refractivity contribution in [2.24, 2.45) is 0 Å². The topological polar surface area (TPSA) is 46.5 Å². The number of fused-ring (bicyclic) bond motifs is 1. The molecule has 21 heavy (non-hydrogen) atoms. The molecule has 0 atom stereocenters. The van der Waals surface area contributed by atoms with Crippen LogP contribution in [0, 0.1) is 0 Å². The van der Waals surface area contributed by atoms with E-state index in [0.29, 0.717) is 11.3 Å². The van der Waals surface area contributed by atoms with Crippen LogP contribution in [0.5, 0.6) is 11.5 Å². The molecule has 3 rings (SSSR count). The molecule has 104 valence electrons. The number of rotatable bonds is 4. The van der Waals surface area contributed by atoms with Gasteiger partial charge in [0, 0.05) is 5.56 Å². The third-order valence-corrected chi connectivity index (χ3v) is 3.26. The van der Waals surface area contributed by atoms with Crippen molar-refractivity contribution in [1.29, 1.82) is 0 Å². The number of ketones is 1. The Morgan fingerprint density at radius 3 is 2.43 bits per heavy atom. The quantitative estimate of drug-likeness (QED) is 0.738. The van der Waals surface area contributed by atoms with E-state index in [1.165, 1.54) is 0 Å². The van der Waals surface area contributed by atoms with E-state index in [1.54, 1.807) is 30.3 Å². The van der Waals surface area contributed by atoms with Gasteiger partial charge in [-0.1, -0.05) is 42.5 Å². The summed E-state index contributed by atoms with van der Waals surface area (Å²) in [6.45, 7) is 0.00754. The van der Waals surface area contributed by atoms with Crippen molar-refractivity contribution < 1.29 is 14.6 Å². The van der Waals surface area contributed by atoms with E-state index in [9.17, 15) is 9.90 Å². The Kier molecular flexibility index (Phi) is 3.56. The Morgan fingerprint density at radius 1 is 0.905 bits per heavy atom. The predicted octanol–water partition coefficient (Wildman–Crippen LogP) is 3.81. The van der Waals surface area contributed by atoms with E-state index in [-0.39, 0.29) is 18.1 Å². The molecule has 0 unspecified atom stereocenters. The second kappa shape index (κ2) is 5.67. The van der Waals surface area contributed by atoms with Gasteiger partial charge in [0.25, 0.3) is 0 Å². The summed E-state index contributed by atoms with van der Waals surface area (Å²) in [4.78, 5) is 12.0. The summed E-state index contributed by atoms with van der Waals surface area (Å²) < 4.78 is 5.55. The van der Waals surface area contributed by atoms with Crippen LogP contribution in [0.25, 0.3) is 10.8 Å². The van der Waals surface area contributed by atoms with E-state index in [0.717, 1.165) is 10.8 Å². The summed E-state index contributed by atoms with van der Waals surface area (Å²) in [7, 11) is 0. The van der Waals surface area contributed by atoms with E-state index >= 15 is 0 Å². The van der Waals surface area contributed by atoms with Gasteiger partial charge < -0.3 is 9.84 Å². The van der Waals surface area contributed by atoms with Crippen molar-refractivity contribution in [1.82, 2.24) is 0 Å². The molecule has 3 aromatic carbocycles. The molecule has 0 spiro atoms. The fourth-order valence-corrected chi connectivity index (χ4v) is 2.16. The zero-order valence-corrected chi connectivity index (χ0v) is 11.3.